The molecule has 1 saturated heterocycles. The predicted molar refractivity (Wildman–Crippen MR) is 104 cm³/mol. The summed E-state index contributed by atoms with van der Waals surface area (Å²) in [4.78, 5) is 30.0. The van der Waals surface area contributed by atoms with Crippen LogP contribution in [0.1, 0.15) is 55.0 Å². The van der Waals surface area contributed by atoms with Gasteiger partial charge in [0.25, 0.3) is 0 Å². The van der Waals surface area contributed by atoms with E-state index in [0.29, 0.717) is 25.6 Å². The fourth-order valence-corrected chi connectivity index (χ4v) is 4.85. The first-order valence-electron chi connectivity index (χ1n) is 10.4. The smallest absolute Gasteiger partial charge is 0.228 e. The van der Waals surface area contributed by atoms with Crippen molar-refractivity contribution in [2.75, 3.05) is 6.54 Å². The molecule has 5 heteroatoms. The van der Waals surface area contributed by atoms with Gasteiger partial charge in [0.2, 0.25) is 11.8 Å². The van der Waals surface area contributed by atoms with Crippen molar-refractivity contribution in [3.05, 3.63) is 59.5 Å². The first-order valence-corrected chi connectivity index (χ1v) is 10.4. The summed E-state index contributed by atoms with van der Waals surface area (Å²) in [6.45, 7) is 0.946. The van der Waals surface area contributed by atoms with Gasteiger partial charge in [-0.3, -0.25) is 9.59 Å². The summed E-state index contributed by atoms with van der Waals surface area (Å²) in [7, 11) is 0. The standard InChI is InChI=1S/C23H26N2O3/c26-22-13-17(14-24(22)15-19-7-4-12-28-19)23(27)25(18-10-11-18)21-9-3-6-16-5-1-2-8-20(16)21/h1-2,4-5,7-8,12,17-18,21H,3,6,9-11,13-15H2. The lowest BCUT2D eigenvalue weighted by Crippen LogP contribution is -2.42. The average Bonchev–Trinajstić information content (AvgIpc) is 3.28. The number of rotatable bonds is 5. The van der Waals surface area contributed by atoms with E-state index in [1.54, 1.807) is 11.2 Å². The van der Waals surface area contributed by atoms with E-state index >= 15 is 0 Å². The molecule has 1 aromatic carbocycles. The molecular weight excluding hydrogens is 352 g/mol. The molecule has 0 spiro atoms. The minimum atomic E-state index is -0.239. The van der Waals surface area contributed by atoms with Crippen molar-refractivity contribution < 1.29 is 14.0 Å². The van der Waals surface area contributed by atoms with E-state index in [-0.39, 0.29) is 23.8 Å². The Balaban J connectivity index is 1.35. The molecule has 3 aliphatic rings. The molecule has 1 aliphatic heterocycles. The van der Waals surface area contributed by atoms with Crippen LogP contribution in [-0.2, 0) is 22.6 Å². The third kappa shape index (κ3) is 3.23. The molecule has 2 aromatic rings. The van der Waals surface area contributed by atoms with Gasteiger partial charge < -0.3 is 14.2 Å². The molecule has 0 N–H and O–H groups in total. The SMILES string of the molecule is O=C1CC(C(=O)N(C2CC2)C2CCCc3ccccc32)CN1Cc1ccco1. The van der Waals surface area contributed by atoms with E-state index in [1.165, 1.54) is 11.1 Å². The van der Waals surface area contributed by atoms with Crippen LogP contribution in [0.2, 0.25) is 0 Å². The first-order chi connectivity index (χ1) is 13.7. The van der Waals surface area contributed by atoms with Gasteiger partial charge in [0.1, 0.15) is 5.76 Å². The Kier molecular flexibility index (Phi) is 4.46. The van der Waals surface area contributed by atoms with Crippen LogP contribution in [0.5, 0.6) is 0 Å². The molecule has 5 rings (SSSR count). The third-order valence-corrected chi connectivity index (χ3v) is 6.36. The van der Waals surface area contributed by atoms with E-state index in [1.807, 2.05) is 12.1 Å². The second kappa shape index (κ2) is 7.12. The average molecular weight is 378 g/mol. The Morgan fingerprint density at radius 2 is 2.00 bits per heavy atom. The monoisotopic (exact) mass is 378 g/mol. The lowest BCUT2D eigenvalue weighted by atomic mass is 9.86. The predicted octanol–water partition coefficient (Wildman–Crippen LogP) is 3.70. The molecule has 1 aromatic heterocycles. The molecule has 146 valence electrons. The van der Waals surface area contributed by atoms with Crippen LogP contribution in [0.3, 0.4) is 0 Å². The lowest BCUT2D eigenvalue weighted by Gasteiger charge is -2.37. The van der Waals surface area contributed by atoms with E-state index in [0.717, 1.165) is 37.9 Å². The number of fused-ring (bicyclic) bond motifs is 1. The van der Waals surface area contributed by atoms with Crippen molar-refractivity contribution in [1.29, 1.82) is 0 Å². The minimum absolute atomic E-state index is 0.0505. The molecule has 0 bridgehead atoms. The Morgan fingerprint density at radius 3 is 2.79 bits per heavy atom. The van der Waals surface area contributed by atoms with Gasteiger partial charge in [0.05, 0.1) is 24.8 Å². The number of amides is 2. The Bertz CT molecular complexity index is 872. The highest BCUT2D eigenvalue weighted by molar-refractivity contribution is 5.89. The van der Waals surface area contributed by atoms with Gasteiger partial charge in [-0.1, -0.05) is 24.3 Å². The number of carbonyl (C=O) groups excluding carboxylic acids is 2. The zero-order valence-corrected chi connectivity index (χ0v) is 16.0. The van der Waals surface area contributed by atoms with Gasteiger partial charge in [0.15, 0.2) is 0 Å². The molecule has 2 unspecified atom stereocenters. The number of nitrogens with zero attached hydrogens (tertiary/aromatic N) is 2. The molecule has 28 heavy (non-hydrogen) atoms. The second-order valence-corrected chi connectivity index (χ2v) is 8.34. The summed E-state index contributed by atoms with van der Waals surface area (Å²) in [5.41, 5.74) is 2.69. The number of furan rings is 1. The summed E-state index contributed by atoms with van der Waals surface area (Å²) < 4.78 is 5.38. The lowest BCUT2D eigenvalue weighted by molar-refractivity contribution is -0.139. The van der Waals surface area contributed by atoms with Crippen LogP contribution in [0.25, 0.3) is 0 Å². The van der Waals surface area contributed by atoms with E-state index in [4.69, 9.17) is 4.42 Å². The number of aryl methyl sites for hydroxylation is 1. The van der Waals surface area contributed by atoms with Gasteiger partial charge in [-0.15, -0.1) is 0 Å². The first kappa shape index (κ1) is 17.5. The number of likely N-dealkylation sites (tertiary alicyclic amines) is 1. The Morgan fingerprint density at radius 1 is 1.14 bits per heavy atom. The molecule has 2 fully saturated rings. The van der Waals surface area contributed by atoms with Crippen LogP contribution in [0.15, 0.2) is 47.1 Å². The highest BCUT2D eigenvalue weighted by Crippen LogP contribution is 2.42. The van der Waals surface area contributed by atoms with Crippen molar-refractivity contribution in [1.82, 2.24) is 9.80 Å². The Labute approximate surface area is 165 Å². The number of hydrogen-bond acceptors (Lipinski definition) is 3. The zero-order chi connectivity index (χ0) is 19.1. The topological polar surface area (TPSA) is 53.8 Å². The number of carbonyl (C=O) groups is 2. The zero-order valence-electron chi connectivity index (χ0n) is 16.0. The van der Waals surface area contributed by atoms with Gasteiger partial charge >= 0.3 is 0 Å². The largest absolute Gasteiger partial charge is 0.467 e. The highest BCUT2D eigenvalue weighted by Gasteiger charge is 2.44. The molecule has 2 heterocycles. The van der Waals surface area contributed by atoms with Gasteiger partial charge in [0, 0.05) is 19.0 Å². The van der Waals surface area contributed by atoms with Gasteiger partial charge in [-0.05, 0) is 55.4 Å². The maximum Gasteiger partial charge on any atom is 0.228 e. The summed E-state index contributed by atoms with van der Waals surface area (Å²) in [6, 6.07) is 12.8. The fourth-order valence-electron chi connectivity index (χ4n) is 4.85. The van der Waals surface area contributed by atoms with Crippen molar-refractivity contribution >= 4 is 11.8 Å². The maximum atomic E-state index is 13.6. The molecule has 5 nitrogen and oxygen atoms in total. The molecule has 2 atom stereocenters. The van der Waals surface area contributed by atoms with Crippen molar-refractivity contribution in [3.63, 3.8) is 0 Å². The Hall–Kier alpha value is -2.56. The normalized spacial score (nSPS) is 24.3. The summed E-state index contributed by atoms with van der Waals surface area (Å²) in [5.74, 6) is 0.743. The molecule has 2 aliphatic carbocycles. The van der Waals surface area contributed by atoms with E-state index < -0.39 is 0 Å². The molecule has 2 amide bonds. The number of hydrogen-bond donors (Lipinski definition) is 0. The summed E-state index contributed by atoms with van der Waals surface area (Å²) in [6.07, 6.45) is 7.34. The minimum Gasteiger partial charge on any atom is -0.467 e. The van der Waals surface area contributed by atoms with Crippen molar-refractivity contribution in [3.8, 4) is 0 Å². The van der Waals surface area contributed by atoms with Gasteiger partial charge in [-0.25, -0.2) is 0 Å². The third-order valence-electron chi connectivity index (χ3n) is 6.36. The molecular formula is C23H26N2O3. The summed E-state index contributed by atoms with van der Waals surface area (Å²) >= 11 is 0. The molecule has 1 saturated carbocycles. The summed E-state index contributed by atoms with van der Waals surface area (Å²) in [5, 5.41) is 0. The maximum absolute atomic E-state index is 13.6. The van der Waals surface area contributed by atoms with E-state index in [9.17, 15) is 9.59 Å². The van der Waals surface area contributed by atoms with Crippen LogP contribution in [0.4, 0.5) is 0 Å². The quantitative estimate of drug-likeness (QED) is 0.797. The second-order valence-electron chi connectivity index (χ2n) is 8.34. The fraction of sp³-hybridized carbons (Fsp3) is 0.478. The van der Waals surface area contributed by atoms with Crippen molar-refractivity contribution in [2.24, 2.45) is 5.92 Å². The van der Waals surface area contributed by atoms with Crippen LogP contribution < -0.4 is 0 Å². The van der Waals surface area contributed by atoms with Gasteiger partial charge in [-0.2, -0.15) is 0 Å². The number of benzene rings is 1. The van der Waals surface area contributed by atoms with Crippen LogP contribution in [-0.4, -0.2) is 34.2 Å². The van der Waals surface area contributed by atoms with E-state index in [2.05, 4.69) is 29.2 Å². The van der Waals surface area contributed by atoms with Crippen LogP contribution in [0, 0.1) is 5.92 Å². The van der Waals surface area contributed by atoms with Crippen LogP contribution >= 0.6 is 0 Å². The highest BCUT2D eigenvalue weighted by atomic mass is 16.3. The van der Waals surface area contributed by atoms with Crippen molar-refractivity contribution in [2.45, 2.75) is 57.2 Å². The molecule has 0 radical (unpaired) electrons.